The molecule has 5 nitrogen and oxygen atoms in total. The van der Waals surface area contributed by atoms with Crippen LogP contribution in [0.3, 0.4) is 0 Å². The molecule has 4 N–H and O–H groups in total. The zero-order valence-electron chi connectivity index (χ0n) is 10.3. The molecule has 98 valence electrons. The van der Waals surface area contributed by atoms with Crippen molar-refractivity contribution in [2.45, 2.75) is 44.2 Å². The van der Waals surface area contributed by atoms with Crippen molar-refractivity contribution < 1.29 is 9.90 Å². The van der Waals surface area contributed by atoms with Gasteiger partial charge in [0.25, 0.3) is 5.91 Å². The van der Waals surface area contributed by atoms with Crippen LogP contribution in [0.5, 0.6) is 0 Å². The second-order valence-electron chi connectivity index (χ2n) is 4.73. The Morgan fingerprint density at radius 2 is 2.11 bits per heavy atom. The number of rotatable bonds is 2. The molecule has 1 aromatic heterocycles. The summed E-state index contributed by atoms with van der Waals surface area (Å²) >= 11 is 0. The summed E-state index contributed by atoms with van der Waals surface area (Å²) in [4.78, 5) is 16.0. The molecule has 1 saturated carbocycles. The highest BCUT2D eigenvalue weighted by Crippen LogP contribution is 2.18. The number of nitrogens with two attached hydrogens (primary N) is 1. The molecule has 1 aromatic rings. The van der Waals surface area contributed by atoms with Crippen molar-refractivity contribution in [2.24, 2.45) is 0 Å². The third-order valence-corrected chi connectivity index (χ3v) is 3.30. The third kappa shape index (κ3) is 3.20. The Morgan fingerprint density at radius 3 is 2.89 bits per heavy atom. The van der Waals surface area contributed by atoms with Gasteiger partial charge in [-0.3, -0.25) is 4.79 Å². The summed E-state index contributed by atoms with van der Waals surface area (Å²) in [5.41, 5.74) is 5.84. The SMILES string of the molecule is Nc1cccc(C(=O)NC2CCCCCC2O)n1. The van der Waals surface area contributed by atoms with E-state index in [4.69, 9.17) is 5.73 Å². The first kappa shape index (κ1) is 12.8. The van der Waals surface area contributed by atoms with Gasteiger partial charge < -0.3 is 16.2 Å². The summed E-state index contributed by atoms with van der Waals surface area (Å²) in [6, 6.07) is 4.77. The van der Waals surface area contributed by atoms with E-state index in [-0.39, 0.29) is 11.9 Å². The maximum atomic E-state index is 12.0. The van der Waals surface area contributed by atoms with Gasteiger partial charge >= 0.3 is 0 Å². The molecule has 2 unspecified atom stereocenters. The Morgan fingerprint density at radius 1 is 1.33 bits per heavy atom. The molecule has 18 heavy (non-hydrogen) atoms. The number of nitrogen functional groups attached to an aromatic ring is 1. The maximum Gasteiger partial charge on any atom is 0.270 e. The summed E-state index contributed by atoms with van der Waals surface area (Å²) in [5, 5.41) is 12.8. The molecule has 1 heterocycles. The molecule has 1 aliphatic carbocycles. The van der Waals surface area contributed by atoms with Crippen LogP contribution >= 0.6 is 0 Å². The van der Waals surface area contributed by atoms with Crippen molar-refractivity contribution in [3.63, 3.8) is 0 Å². The lowest BCUT2D eigenvalue weighted by Crippen LogP contribution is -2.42. The summed E-state index contributed by atoms with van der Waals surface area (Å²) in [6.45, 7) is 0. The number of nitrogens with zero attached hydrogens (tertiary/aromatic N) is 1. The summed E-state index contributed by atoms with van der Waals surface area (Å²) < 4.78 is 0. The number of hydrogen-bond acceptors (Lipinski definition) is 4. The van der Waals surface area contributed by atoms with Crippen molar-refractivity contribution in [1.29, 1.82) is 0 Å². The van der Waals surface area contributed by atoms with Crippen LogP contribution in [0, 0.1) is 0 Å². The Hall–Kier alpha value is -1.62. The van der Waals surface area contributed by atoms with Gasteiger partial charge in [0.2, 0.25) is 0 Å². The summed E-state index contributed by atoms with van der Waals surface area (Å²) in [6.07, 6.45) is 4.26. The lowest BCUT2D eigenvalue weighted by molar-refractivity contribution is 0.0814. The van der Waals surface area contributed by atoms with E-state index in [1.807, 2.05) is 0 Å². The van der Waals surface area contributed by atoms with Gasteiger partial charge in [-0.15, -0.1) is 0 Å². The molecular formula is C13H19N3O2. The number of aliphatic hydroxyl groups is 1. The minimum Gasteiger partial charge on any atom is -0.391 e. The number of pyridine rings is 1. The van der Waals surface area contributed by atoms with E-state index in [9.17, 15) is 9.90 Å². The highest BCUT2D eigenvalue weighted by molar-refractivity contribution is 5.92. The second kappa shape index (κ2) is 5.82. The fourth-order valence-electron chi connectivity index (χ4n) is 2.28. The lowest BCUT2D eigenvalue weighted by atomic mass is 10.1. The molecule has 0 spiro atoms. The predicted octanol–water partition coefficient (Wildman–Crippen LogP) is 1.09. The van der Waals surface area contributed by atoms with Crippen LogP contribution in [0.25, 0.3) is 0 Å². The Balaban J connectivity index is 2.01. The van der Waals surface area contributed by atoms with E-state index < -0.39 is 6.10 Å². The van der Waals surface area contributed by atoms with Gasteiger partial charge in [0.1, 0.15) is 11.5 Å². The van der Waals surface area contributed by atoms with E-state index in [2.05, 4.69) is 10.3 Å². The number of carbonyl (C=O) groups is 1. The van der Waals surface area contributed by atoms with Crippen LogP contribution in [0.1, 0.15) is 42.6 Å². The first-order valence-corrected chi connectivity index (χ1v) is 6.38. The minimum atomic E-state index is -0.461. The van der Waals surface area contributed by atoms with Crippen molar-refractivity contribution >= 4 is 11.7 Å². The molecule has 0 aromatic carbocycles. The molecule has 1 aliphatic rings. The highest BCUT2D eigenvalue weighted by Gasteiger charge is 2.23. The monoisotopic (exact) mass is 249 g/mol. The fourth-order valence-corrected chi connectivity index (χ4v) is 2.28. The van der Waals surface area contributed by atoms with Crippen molar-refractivity contribution in [2.75, 3.05) is 5.73 Å². The van der Waals surface area contributed by atoms with Crippen LogP contribution in [-0.4, -0.2) is 28.1 Å². The standard InChI is InChI=1S/C13H19N3O2/c14-12-8-4-6-10(15-12)13(18)16-9-5-2-1-3-7-11(9)17/h4,6,8-9,11,17H,1-3,5,7H2,(H2,14,15)(H,16,18). The fraction of sp³-hybridized carbons (Fsp3) is 0.538. The van der Waals surface area contributed by atoms with Gasteiger partial charge in [-0.2, -0.15) is 0 Å². The summed E-state index contributed by atoms with van der Waals surface area (Å²) in [5.74, 6) is 0.0531. The van der Waals surface area contributed by atoms with Crippen LogP contribution in [0.2, 0.25) is 0 Å². The number of carbonyl (C=O) groups excluding carboxylic acids is 1. The highest BCUT2D eigenvalue weighted by atomic mass is 16.3. The topological polar surface area (TPSA) is 88.2 Å². The molecule has 1 fully saturated rings. The van der Waals surface area contributed by atoms with Gasteiger partial charge in [-0.05, 0) is 25.0 Å². The van der Waals surface area contributed by atoms with Gasteiger partial charge in [-0.25, -0.2) is 4.98 Å². The van der Waals surface area contributed by atoms with E-state index >= 15 is 0 Å². The number of nitrogens with one attached hydrogen (secondary N) is 1. The molecule has 5 heteroatoms. The number of aromatic nitrogens is 1. The zero-order valence-corrected chi connectivity index (χ0v) is 10.3. The molecule has 0 aliphatic heterocycles. The molecule has 1 amide bonds. The van der Waals surface area contributed by atoms with Crippen molar-refractivity contribution in [3.05, 3.63) is 23.9 Å². The van der Waals surface area contributed by atoms with Crippen molar-refractivity contribution in [3.8, 4) is 0 Å². The molecule has 2 rings (SSSR count). The number of anilines is 1. The Labute approximate surface area is 106 Å². The Bertz CT molecular complexity index is 422. The lowest BCUT2D eigenvalue weighted by Gasteiger charge is -2.21. The van der Waals surface area contributed by atoms with E-state index in [1.165, 1.54) is 0 Å². The van der Waals surface area contributed by atoms with E-state index in [0.717, 1.165) is 32.1 Å². The predicted molar refractivity (Wildman–Crippen MR) is 69.0 cm³/mol. The van der Waals surface area contributed by atoms with Gasteiger partial charge in [-0.1, -0.05) is 25.3 Å². The largest absolute Gasteiger partial charge is 0.391 e. The normalized spacial score (nSPS) is 24.3. The third-order valence-electron chi connectivity index (χ3n) is 3.30. The average Bonchev–Trinajstić information content (AvgIpc) is 2.55. The smallest absolute Gasteiger partial charge is 0.270 e. The van der Waals surface area contributed by atoms with Crippen LogP contribution in [0.4, 0.5) is 5.82 Å². The van der Waals surface area contributed by atoms with Crippen LogP contribution in [-0.2, 0) is 0 Å². The number of hydrogen-bond donors (Lipinski definition) is 3. The average molecular weight is 249 g/mol. The molecule has 0 saturated heterocycles. The molecule has 0 bridgehead atoms. The maximum absolute atomic E-state index is 12.0. The van der Waals surface area contributed by atoms with Crippen molar-refractivity contribution in [1.82, 2.24) is 10.3 Å². The quantitative estimate of drug-likeness (QED) is 0.684. The first-order chi connectivity index (χ1) is 8.66. The van der Waals surface area contributed by atoms with Gasteiger partial charge in [0.15, 0.2) is 0 Å². The first-order valence-electron chi connectivity index (χ1n) is 6.38. The Kier molecular flexibility index (Phi) is 4.15. The number of aliphatic hydroxyl groups excluding tert-OH is 1. The molecule has 0 radical (unpaired) electrons. The molecular weight excluding hydrogens is 230 g/mol. The molecule has 2 atom stereocenters. The van der Waals surface area contributed by atoms with Gasteiger partial charge in [0, 0.05) is 0 Å². The summed E-state index contributed by atoms with van der Waals surface area (Å²) in [7, 11) is 0. The second-order valence-corrected chi connectivity index (χ2v) is 4.73. The van der Waals surface area contributed by atoms with Crippen LogP contribution in [0.15, 0.2) is 18.2 Å². The van der Waals surface area contributed by atoms with Crippen LogP contribution < -0.4 is 11.1 Å². The number of amides is 1. The zero-order chi connectivity index (χ0) is 13.0. The minimum absolute atomic E-state index is 0.178. The van der Waals surface area contributed by atoms with Gasteiger partial charge in [0.05, 0.1) is 12.1 Å². The van der Waals surface area contributed by atoms with E-state index in [1.54, 1.807) is 18.2 Å². The van der Waals surface area contributed by atoms with E-state index in [0.29, 0.717) is 11.5 Å².